The summed E-state index contributed by atoms with van der Waals surface area (Å²) in [5.41, 5.74) is -0.113. The van der Waals surface area contributed by atoms with Gasteiger partial charge in [-0.1, -0.05) is 17.7 Å². The summed E-state index contributed by atoms with van der Waals surface area (Å²) in [6.45, 7) is 1.84. The first-order valence-electron chi connectivity index (χ1n) is 11.6. The van der Waals surface area contributed by atoms with Crippen molar-refractivity contribution in [1.82, 2.24) is 4.98 Å². The van der Waals surface area contributed by atoms with E-state index in [-0.39, 0.29) is 45.8 Å². The van der Waals surface area contributed by atoms with Crippen LogP contribution in [0.15, 0.2) is 53.6 Å². The number of nitrogens with one attached hydrogen (secondary N) is 1. The van der Waals surface area contributed by atoms with Crippen molar-refractivity contribution in [2.45, 2.75) is 41.9 Å². The first-order valence-corrected chi connectivity index (χ1v) is 13.5. The van der Waals surface area contributed by atoms with Crippen LogP contribution in [0, 0.1) is 36.2 Å². The Labute approximate surface area is 216 Å². The van der Waals surface area contributed by atoms with E-state index < -0.39 is 44.0 Å². The number of nitrogens with zero attached hydrogens (tertiary/aromatic N) is 1. The van der Waals surface area contributed by atoms with Gasteiger partial charge in [0.05, 0.1) is 20.8 Å². The Balaban J connectivity index is 1.38. The minimum atomic E-state index is -3.99. The van der Waals surface area contributed by atoms with Gasteiger partial charge in [0.25, 0.3) is 5.91 Å². The van der Waals surface area contributed by atoms with Gasteiger partial charge in [0.2, 0.25) is 0 Å². The van der Waals surface area contributed by atoms with Crippen LogP contribution in [0.1, 0.15) is 40.9 Å². The number of aromatic nitrogens is 1. The highest BCUT2D eigenvalue weighted by Crippen LogP contribution is 2.60. The van der Waals surface area contributed by atoms with Gasteiger partial charge in [0, 0.05) is 40.8 Å². The van der Waals surface area contributed by atoms with Gasteiger partial charge < -0.3 is 10.4 Å². The molecule has 1 amide bonds. The van der Waals surface area contributed by atoms with Crippen LogP contribution in [0.4, 0.5) is 18.9 Å². The summed E-state index contributed by atoms with van der Waals surface area (Å²) < 4.78 is 67.4. The smallest absolute Gasteiger partial charge is 0.255 e. The van der Waals surface area contributed by atoms with E-state index in [1.54, 1.807) is 12.3 Å². The van der Waals surface area contributed by atoms with E-state index in [2.05, 4.69) is 10.3 Å². The van der Waals surface area contributed by atoms with Crippen molar-refractivity contribution < 1.29 is 31.5 Å². The zero-order valence-electron chi connectivity index (χ0n) is 19.5. The molecule has 11 heteroatoms. The lowest BCUT2D eigenvalue weighted by molar-refractivity contribution is -0.184. The van der Waals surface area contributed by atoms with Crippen molar-refractivity contribution in [2.75, 3.05) is 5.32 Å². The summed E-state index contributed by atoms with van der Waals surface area (Å²) in [6, 6.07) is 8.49. The number of hydrogen-bond donors (Lipinski definition) is 2. The Morgan fingerprint density at radius 2 is 1.70 bits per heavy atom. The van der Waals surface area contributed by atoms with Gasteiger partial charge in [-0.15, -0.1) is 0 Å². The summed E-state index contributed by atoms with van der Waals surface area (Å²) in [5, 5.41) is 12.7. The molecule has 3 aliphatic carbocycles. The molecule has 2 N–H and O–H groups in total. The Kier molecular flexibility index (Phi) is 6.32. The molecule has 2 atom stereocenters. The predicted molar refractivity (Wildman–Crippen MR) is 130 cm³/mol. The number of rotatable bonds is 5. The van der Waals surface area contributed by atoms with Gasteiger partial charge in [-0.2, -0.15) is 0 Å². The van der Waals surface area contributed by atoms with E-state index in [0.717, 1.165) is 11.8 Å². The summed E-state index contributed by atoms with van der Waals surface area (Å²) in [4.78, 5) is 16.7. The molecular formula is C26H22ClF3N2O4S. The second-order valence-corrected chi connectivity index (χ2v) is 12.2. The molecular weight excluding hydrogens is 529 g/mol. The first kappa shape index (κ1) is 25.7. The van der Waals surface area contributed by atoms with Crippen LogP contribution in [0.5, 0.6) is 0 Å². The second kappa shape index (κ2) is 9.11. The van der Waals surface area contributed by atoms with Crippen LogP contribution in [0.2, 0.25) is 5.02 Å². The summed E-state index contributed by atoms with van der Waals surface area (Å²) in [5.74, 6) is -6.04. The van der Waals surface area contributed by atoms with Crippen molar-refractivity contribution in [3.05, 3.63) is 88.0 Å². The Hall–Kier alpha value is -2.95. The summed E-state index contributed by atoms with van der Waals surface area (Å²) in [6.07, 6.45) is 2.74. The Morgan fingerprint density at radius 1 is 1.05 bits per heavy atom. The maximum atomic E-state index is 13.6. The molecule has 37 heavy (non-hydrogen) atoms. The van der Waals surface area contributed by atoms with E-state index in [9.17, 15) is 31.5 Å². The van der Waals surface area contributed by atoms with Crippen molar-refractivity contribution in [3.8, 4) is 0 Å². The maximum absolute atomic E-state index is 13.6. The van der Waals surface area contributed by atoms with Gasteiger partial charge in [-0.3, -0.25) is 9.78 Å². The van der Waals surface area contributed by atoms with Gasteiger partial charge in [-0.05, 0) is 62.3 Å². The molecule has 0 aliphatic heterocycles. The van der Waals surface area contributed by atoms with E-state index in [4.69, 9.17) is 11.6 Å². The average Bonchev–Trinajstić information content (AvgIpc) is 2.87. The SMILES string of the molecule is Cc1ccc(C2(O)C3CC2CC(S(=O)(=O)c2cc(C(=O)Nc4cc(F)c(F)c(F)c4)ccc2Cl)C3)cn1. The molecule has 2 aromatic carbocycles. The zero-order chi connectivity index (χ0) is 26.7. The number of halogens is 4. The number of aliphatic hydroxyl groups is 1. The van der Waals surface area contributed by atoms with Crippen molar-refractivity contribution >= 4 is 33.0 Å². The normalized spacial score (nSPS) is 24.9. The number of benzene rings is 2. The third kappa shape index (κ3) is 4.30. The molecule has 194 valence electrons. The standard InChI is InChI=1S/C26H22ClF3N2O4S/c1-13-2-4-15(12-31-13)26(34)16-7-17(26)9-19(8-16)37(35,36)23-6-14(3-5-20(23)27)25(33)32-18-10-21(28)24(30)22(29)11-18/h2-6,10-12,16-17,19,34H,7-9H2,1H3,(H,32,33). The number of hydrogen-bond acceptors (Lipinski definition) is 5. The van der Waals surface area contributed by atoms with Gasteiger partial charge in [-0.25, -0.2) is 21.6 Å². The minimum Gasteiger partial charge on any atom is -0.385 e. The van der Waals surface area contributed by atoms with Crippen LogP contribution in [-0.2, 0) is 15.4 Å². The van der Waals surface area contributed by atoms with Crippen molar-refractivity contribution in [1.29, 1.82) is 0 Å². The Morgan fingerprint density at radius 3 is 2.30 bits per heavy atom. The molecule has 0 radical (unpaired) electrons. The number of amides is 1. The molecule has 3 aromatic rings. The van der Waals surface area contributed by atoms with Gasteiger partial charge in [0.15, 0.2) is 27.3 Å². The molecule has 0 spiro atoms. The number of fused-ring (bicyclic) bond motifs is 2. The van der Waals surface area contributed by atoms with E-state index in [1.807, 2.05) is 13.0 Å². The molecule has 3 saturated carbocycles. The fraction of sp³-hybridized carbons (Fsp3) is 0.308. The molecule has 6 rings (SSSR count). The fourth-order valence-corrected chi connectivity index (χ4v) is 7.86. The van der Waals surface area contributed by atoms with Crippen LogP contribution in [-0.4, -0.2) is 29.7 Å². The highest BCUT2D eigenvalue weighted by atomic mass is 35.5. The fourth-order valence-electron chi connectivity index (χ4n) is 5.46. The number of carbonyl (C=O) groups is 1. The quantitative estimate of drug-likeness (QED) is 0.427. The lowest BCUT2D eigenvalue weighted by atomic mass is 9.52. The lowest BCUT2D eigenvalue weighted by Crippen LogP contribution is -2.59. The van der Waals surface area contributed by atoms with E-state index in [1.165, 1.54) is 12.1 Å². The monoisotopic (exact) mass is 550 g/mol. The number of sulfone groups is 1. The number of anilines is 1. The Bertz CT molecular complexity index is 1480. The highest BCUT2D eigenvalue weighted by Gasteiger charge is 2.61. The van der Waals surface area contributed by atoms with Crippen LogP contribution in [0.3, 0.4) is 0 Å². The lowest BCUT2D eigenvalue weighted by Gasteiger charge is -2.58. The largest absolute Gasteiger partial charge is 0.385 e. The van der Waals surface area contributed by atoms with Crippen LogP contribution >= 0.6 is 11.6 Å². The number of carbonyl (C=O) groups excluding carboxylic acids is 1. The molecule has 3 fully saturated rings. The van der Waals surface area contributed by atoms with Gasteiger partial charge in [0.1, 0.15) is 0 Å². The molecule has 1 aromatic heterocycles. The number of pyridine rings is 1. The first-order chi connectivity index (χ1) is 17.4. The van der Waals surface area contributed by atoms with E-state index >= 15 is 0 Å². The summed E-state index contributed by atoms with van der Waals surface area (Å²) >= 11 is 6.23. The summed E-state index contributed by atoms with van der Waals surface area (Å²) in [7, 11) is -3.99. The maximum Gasteiger partial charge on any atom is 0.255 e. The minimum absolute atomic E-state index is 0.0762. The predicted octanol–water partition coefficient (Wildman–Crippen LogP) is 5.17. The van der Waals surface area contributed by atoms with E-state index in [0.29, 0.717) is 24.1 Å². The molecule has 1 heterocycles. The van der Waals surface area contributed by atoms with Crippen LogP contribution in [0.25, 0.3) is 0 Å². The number of aryl methyl sites for hydroxylation is 1. The third-order valence-electron chi connectivity index (χ3n) is 7.46. The average molecular weight is 551 g/mol. The topological polar surface area (TPSA) is 96.4 Å². The van der Waals surface area contributed by atoms with Crippen LogP contribution < -0.4 is 5.32 Å². The van der Waals surface area contributed by atoms with Crippen molar-refractivity contribution in [2.24, 2.45) is 11.8 Å². The molecule has 2 unspecified atom stereocenters. The third-order valence-corrected chi connectivity index (χ3v) is 10.1. The molecule has 6 nitrogen and oxygen atoms in total. The molecule has 0 saturated heterocycles. The highest BCUT2D eigenvalue weighted by molar-refractivity contribution is 7.92. The molecule has 3 aliphatic rings. The van der Waals surface area contributed by atoms with Gasteiger partial charge >= 0.3 is 0 Å². The molecule has 2 bridgehead atoms. The second-order valence-electron chi connectivity index (χ2n) is 9.63. The zero-order valence-corrected chi connectivity index (χ0v) is 21.1. The van der Waals surface area contributed by atoms with Crippen molar-refractivity contribution in [3.63, 3.8) is 0 Å².